The van der Waals surface area contributed by atoms with E-state index in [0.717, 1.165) is 5.69 Å². The van der Waals surface area contributed by atoms with Crippen LogP contribution < -0.4 is 11.3 Å². The molecule has 1 aliphatic rings. The summed E-state index contributed by atoms with van der Waals surface area (Å²) in [5.74, 6) is 5.97. The van der Waals surface area contributed by atoms with Crippen molar-refractivity contribution in [1.82, 2.24) is 4.98 Å². The molecule has 0 spiro atoms. The Hall–Kier alpha value is -1.13. The van der Waals surface area contributed by atoms with E-state index in [1.165, 1.54) is 25.7 Å². The monoisotopic (exact) mass is 207 g/mol. The average molecular weight is 207 g/mol. The SMILES string of the molecule is NNc1cccc(COC2CCCC2)n1. The van der Waals surface area contributed by atoms with Crippen molar-refractivity contribution in [3.8, 4) is 0 Å². The van der Waals surface area contributed by atoms with E-state index < -0.39 is 0 Å². The van der Waals surface area contributed by atoms with Crippen LogP contribution in [0.4, 0.5) is 5.82 Å². The summed E-state index contributed by atoms with van der Waals surface area (Å²) in [7, 11) is 0. The van der Waals surface area contributed by atoms with Crippen LogP contribution in [0.1, 0.15) is 31.4 Å². The predicted molar refractivity (Wildman–Crippen MR) is 59.1 cm³/mol. The number of nitrogen functional groups attached to an aromatic ring is 1. The first-order valence-corrected chi connectivity index (χ1v) is 5.42. The maximum Gasteiger partial charge on any atom is 0.140 e. The van der Waals surface area contributed by atoms with Gasteiger partial charge in [0.1, 0.15) is 5.82 Å². The summed E-state index contributed by atoms with van der Waals surface area (Å²) in [6.07, 6.45) is 5.40. The van der Waals surface area contributed by atoms with Crippen LogP contribution in [0.2, 0.25) is 0 Å². The van der Waals surface area contributed by atoms with Crippen LogP contribution in [0.25, 0.3) is 0 Å². The first kappa shape index (κ1) is 10.4. The molecule has 0 bridgehead atoms. The van der Waals surface area contributed by atoms with Gasteiger partial charge in [-0.2, -0.15) is 0 Å². The van der Waals surface area contributed by atoms with Crippen LogP contribution in [0, 0.1) is 0 Å². The normalized spacial score (nSPS) is 16.9. The number of ether oxygens (including phenoxy) is 1. The summed E-state index contributed by atoms with van der Waals surface area (Å²) in [5, 5.41) is 0. The fourth-order valence-electron chi connectivity index (χ4n) is 1.90. The van der Waals surface area contributed by atoms with Gasteiger partial charge in [-0.25, -0.2) is 10.8 Å². The molecule has 0 amide bonds. The lowest BCUT2D eigenvalue weighted by atomic mass is 10.3. The minimum absolute atomic E-state index is 0.432. The number of nitrogens with zero attached hydrogens (tertiary/aromatic N) is 1. The summed E-state index contributed by atoms with van der Waals surface area (Å²) in [6, 6.07) is 5.71. The Labute approximate surface area is 89.8 Å². The molecule has 0 atom stereocenters. The van der Waals surface area contributed by atoms with Gasteiger partial charge in [0.2, 0.25) is 0 Å². The van der Waals surface area contributed by atoms with Gasteiger partial charge in [-0.05, 0) is 25.0 Å². The third-order valence-electron chi connectivity index (χ3n) is 2.72. The van der Waals surface area contributed by atoms with E-state index in [2.05, 4.69) is 10.4 Å². The Bertz CT molecular complexity index is 310. The highest BCUT2D eigenvalue weighted by molar-refractivity contribution is 5.33. The van der Waals surface area contributed by atoms with E-state index in [-0.39, 0.29) is 0 Å². The Balaban J connectivity index is 1.86. The molecule has 0 aliphatic heterocycles. The molecule has 2 rings (SSSR count). The molecule has 4 nitrogen and oxygen atoms in total. The van der Waals surface area contributed by atoms with E-state index in [1.54, 1.807) is 0 Å². The van der Waals surface area contributed by atoms with Gasteiger partial charge in [0.05, 0.1) is 18.4 Å². The maximum atomic E-state index is 5.76. The molecular formula is C11H17N3O. The molecule has 1 aromatic rings. The van der Waals surface area contributed by atoms with Crippen molar-refractivity contribution in [1.29, 1.82) is 0 Å². The minimum Gasteiger partial charge on any atom is -0.372 e. The molecule has 82 valence electrons. The second kappa shape index (κ2) is 5.09. The van der Waals surface area contributed by atoms with E-state index in [4.69, 9.17) is 10.6 Å². The second-order valence-electron chi connectivity index (χ2n) is 3.88. The molecule has 1 aliphatic carbocycles. The number of anilines is 1. The highest BCUT2D eigenvalue weighted by Crippen LogP contribution is 2.21. The lowest BCUT2D eigenvalue weighted by Crippen LogP contribution is -2.11. The van der Waals surface area contributed by atoms with Crippen LogP contribution in [0.5, 0.6) is 0 Å². The minimum atomic E-state index is 0.432. The van der Waals surface area contributed by atoms with Crippen LogP contribution >= 0.6 is 0 Å². The summed E-state index contributed by atoms with van der Waals surface area (Å²) in [4.78, 5) is 4.29. The van der Waals surface area contributed by atoms with E-state index in [0.29, 0.717) is 18.5 Å². The standard InChI is InChI=1S/C11H17N3O/c12-14-11-7-3-4-9(13-11)8-15-10-5-1-2-6-10/h3-4,7,10H,1-2,5-6,8,12H2,(H,13,14). The Morgan fingerprint density at radius 2 is 2.20 bits per heavy atom. The van der Waals surface area contributed by atoms with Crippen molar-refractivity contribution in [2.75, 3.05) is 5.43 Å². The van der Waals surface area contributed by atoms with Gasteiger partial charge in [-0.3, -0.25) is 0 Å². The largest absolute Gasteiger partial charge is 0.372 e. The second-order valence-corrected chi connectivity index (χ2v) is 3.88. The molecule has 1 aromatic heterocycles. The van der Waals surface area contributed by atoms with E-state index >= 15 is 0 Å². The highest BCUT2D eigenvalue weighted by Gasteiger charge is 2.15. The fourth-order valence-corrected chi connectivity index (χ4v) is 1.90. The average Bonchev–Trinajstić information content (AvgIpc) is 2.79. The molecule has 15 heavy (non-hydrogen) atoms. The van der Waals surface area contributed by atoms with E-state index in [1.807, 2.05) is 18.2 Å². The van der Waals surface area contributed by atoms with Gasteiger partial charge in [-0.1, -0.05) is 18.9 Å². The number of hydrogen-bond acceptors (Lipinski definition) is 4. The molecule has 0 saturated heterocycles. The number of hydrogen-bond donors (Lipinski definition) is 2. The molecule has 0 unspecified atom stereocenters. The number of pyridine rings is 1. The highest BCUT2D eigenvalue weighted by atomic mass is 16.5. The zero-order valence-corrected chi connectivity index (χ0v) is 8.78. The Morgan fingerprint density at radius 1 is 1.40 bits per heavy atom. The summed E-state index contributed by atoms with van der Waals surface area (Å²) in [5.41, 5.74) is 3.46. The molecule has 3 N–H and O–H groups in total. The Morgan fingerprint density at radius 3 is 2.93 bits per heavy atom. The number of nitrogens with two attached hydrogens (primary N) is 1. The third-order valence-corrected chi connectivity index (χ3v) is 2.72. The van der Waals surface area contributed by atoms with Crippen LogP contribution in [-0.4, -0.2) is 11.1 Å². The predicted octanol–water partition coefficient (Wildman–Crippen LogP) is 1.83. The molecule has 0 radical (unpaired) electrons. The molecular weight excluding hydrogens is 190 g/mol. The van der Waals surface area contributed by atoms with Crippen LogP contribution in [0.15, 0.2) is 18.2 Å². The zero-order valence-electron chi connectivity index (χ0n) is 8.78. The number of nitrogens with one attached hydrogen (secondary N) is 1. The quantitative estimate of drug-likeness (QED) is 0.584. The summed E-state index contributed by atoms with van der Waals surface area (Å²) >= 11 is 0. The maximum absolute atomic E-state index is 5.76. The molecule has 1 saturated carbocycles. The summed E-state index contributed by atoms with van der Waals surface area (Å²) in [6.45, 7) is 0.584. The van der Waals surface area contributed by atoms with Crippen molar-refractivity contribution >= 4 is 5.82 Å². The number of rotatable bonds is 4. The molecule has 0 aromatic carbocycles. The molecule has 4 heteroatoms. The third kappa shape index (κ3) is 2.91. The number of hydrazine groups is 1. The lowest BCUT2D eigenvalue weighted by molar-refractivity contribution is 0.0438. The first-order chi connectivity index (χ1) is 7.38. The van der Waals surface area contributed by atoms with Crippen molar-refractivity contribution in [2.24, 2.45) is 5.84 Å². The number of aromatic nitrogens is 1. The van der Waals surface area contributed by atoms with Gasteiger partial charge in [0, 0.05) is 0 Å². The van der Waals surface area contributed by atoms with Gasteiger partial charge >= 0.3 is 0 Å². The fraction of sp³-hybridized carbons (Fsp3) is 0.545. The van der Waals surface area contributed by atoms with E-state index in [9.17, 15) is 0 Å². The molecule has 1 heterocycles. The first-order valence-electron chi connectivity index (χ1n) is 5.42. The molecule has 1 fully saturated rings. The van der Waals surface area contributed by atoms with Gasteiger partial charge in [0.15, 0.2) is 0 Å². The zero-order chi connectivity index (χ0) is 10.5. The summed E-state index contributed by atoms with van der Waals surface area (Å²) < 4.78 is 5.76. The smallest absolute Gasteiger partial charge is 0.140 e. The van der Waals surface area contributed by atoms with Crippen molar-refractivity contribution < 1.29 is 4.74 Å². The van der Waals surface area contributed by atoms with Crippen molar-refractivity contribution in [3.63, 3.8) is 0 Å². The van der Waals surface area contributed by atoms with Gasteiger partial charge in [-0.15, -0.1) is 0 Å². The van der Waals surface area contributed by atoms with Crippen LogP contribution in [0.3, 0.4) is 0 Å². The van der Waals surface area contributed by atoms with Crippen LogP contribution in [-0.2, 0) is 11.3 Å². The van der Waals surface area contributed by atoms with Gasteiger partial charge < -0.3 is 10.2 Å². The van der Waals surface area contributed by atoms with Crippen molar-refractivity contribution in [3.05, 3.63) is 23.9 Å². The van der Waals surface area contributed by atoms with Gasteiger partial charge in [0.25, 0.3) is 0 Å². The Kier molecular flexibility index (Phi) is 3.53. The van der Waals surface area contributed by atoms with Crippen molar-refractivity contribution in [2.45, 2.75) is 38.4 Å². The topological polar surface area (TPSA) is 60.2 Å². The lowest BCUT2D eigenvalue weighted by Gasteiger charge is -2.10.